The Balaban J connectivity index is 2.50. The molecule has 5 heteroatoms. The van der Waals surface area contributed by atoms with Crippen molar-refractivity contribution in [1.82, 2.24) is 0 Å². The first-order valence-electron chi connectivity index (χ1n) is 6.32. The summed E-state index contributed by atoms with van der Waals surface area (Å²) < 4.78 is 32.6. The minimum atomic E-state index is -1.28. The van der Waals surface area contributed by atoms with E-state index in [1.54, 1.807) is 19.2 Å². The average molecular weight is 313 g/mol. The van der Waals surface area contributed by atoms with Gasteiger partial charge in [0.15, 0.2) is 0 Å². The monoisotopic (exact) mass is 312 g/mol. The molecule has 2 nitrogen and oxygen atoms in total. The molecule has 0 amide bonds. The maximum atomic E-state index is 13.9. The van der Waals surface area contributed by atoms with Crippen LogP contribution < -0.4 is 4.74 Å². The average Bonchev–Trinajstić information content (AvgIpc) is 2.41. The third-order valence-electron chi connectivity index (χ3n) is 3.34. The van der Waals surface area contributed by atoms with Crippen molar-refractivity contribution in [3.63, 3.8) is 0 Å². The topological polar surface area (TPSA) is 29.5 Å². The van der Waals surface area contributed by atoms with E-state index in [0.717, 1.165) is 23.3 Å². The number of hydrogen-bond donors (Lipinski definition) is 1. The van der Waals surface area contributed by atoms with Crippen molar-refractivity contribution >= 4 is 11.6 Å². The Morgan fingerprint density at radius 2 is 1.62 bits per heavy atom. The largest absolute Gasteiger partial charge is 0.496 e. The van der Waals surface area contributed by atoms with Crippen LogP contribution >= 0.6 is 11.6 Å². The number of aliphatic hydroxyl groups excluding tert-OH is 1. The van der Waals surface area contributed by atoms with E-state index in [2.05, 4.69) is 0 Å². The predicted octanol–water partition coefficient (Wildman–Crippen LogP) is 4.33. The molecular formula is C16H15ClF2O2. The van der Waals surface area contributed by atoms with Crippen LogP contribution in [0.25, 0.3) is 0 Å². The minimum Gasteiger partial charge on any atom is -0.496 e. The first-order chi connectivity index (χ1) is 9.85. The molecule has 0 heterocycles. The smallest absolute Gasteiger partial charge is 0.142 e. The second kappa shape index (κ2) is 6.00. The van der Waals surface area contributed by atoms with E-state index in [4.69, 9.17) is 16.3 Å². The van der Waals surface area contributed by atoms with Gasteiger partial charge in [-0.05, 0) is 54.8 Å². The van der Waals surface area contributed by atoms with E-state index in [1.807, 2.05) is 13.8 Å². The van der Waals surface area contributed by atoms with Crippen molar-refractivity contribution in [2.75, 3.05) is 7.11 Å². The molecule has 1 atom stereocenters. The van der Waals surface area contributed by atoms with Crippen molar-refractivity contribution in [3.8, 4) is 5.75 Å². The van der Waals surface area contributed by atoms with Gasteiger partial charge in [-0.1, -0.05) is 11.6 Å². The third kappa shape index (κ3) is 3.01. The molecule has 0 saturated heterocycles. The molecule has 2 aromatic rings. The van der Waals surface area contributed by atoms with Gasteiger partial charge >= 0.3 is 0 Å². The van der Waals surface area contributed by atoms with Gasteiger partial charge in [0.05, 0.1) is 12.1 Å². The number of methoxy groups -OCH3 is 1. The number of aliphatic hydroxyl groups is 1. The van der Waals surface area contributed by atoms with Gasteiger partial charge in [-0.3, -0.25) is 0 Å². The molecule has 1 unspecified atom stereocenters. The fraction of sp³-hybridized carbons (Fsp3) is 0.250. The van der Waals surface area contributed by atoms with Gasteiger partial charge in [0.1, 0.15) is 23.5 Å². The zero-order valence-corrected chi connectivity index (χ0v) is 12.6. The van der Waals surface area contributed by atoms with E-state index >= 15 is 0 Å². The van der Waals surface area contributed by atoms with Gasteiger partial charge in [0, 0.05) is 5.56 Å². The summed E-state index contributed by atoms with van der Waals surface area (Å²) in [7, 11) is 1.56. The lowest BCUT2D eigenvalue weighted by atomic mass is 9.97. The van der Waals surface area contributed by atoms with Crippen molar-refractivity contribution < 1.29 is 18.6 Å². The zero-order chi connectivity index (χ0) is 15.7. The molecule has 21 heavy (non-hydrogen) atoms. The van der Waals surface area contributed by atoms with Crippen LogP contribution in [0.5, 0.6) is 5.75 Å². The van der Waals surface area contributed by atoms with Crippen LogP contribution in [0, 0.1) is 25.5 Å². The summed E-state index contributed by atoms with van der Waals surface area (Å²) in [6.07, 6.45) is -1.28. The first kappa shape index (κ1) is 15.7. The highest BCUT2D eigenvalue weighted by molar-refractivity contribution is 6.30. The molecule has 0 fully saturated rings. The second-order valence-corrected chi connectivity index (χ2v) is 5.29. The van der Waals surface area contributed by atoms with Gasteiger partial charge in [-0.25, -0.2) is 8.78 Å². The number of benzene rings is 2. The summed E-state index contributed by atoms with van der Waals surface area (Å²) in [5.74, 6) is -0.817. The standard InChI is InChI=1S/C16H15ClF2O2/c1-8-4-10(5-9(2)16(8)21-3)15(20)11-6-14(19)12(17)7-13(11)18/h4-7,15,20H,1-3H3. The molecule has 112 valence electrons. The van der Waals surface area contributed by atoms with Crippen LogP contribution in [0.4, 0.5) is 8.78 Å². The second-order valence-electron chi connectivity index (χ2n) is 4.88. The van der Waals surface area contributed by atoms with Crippen LogP contribution in [0.2, 0.25) is 5.02 Å². The first-order valence-corrected chi connectivity index (χ1v) is 6.70. The maximum absolute atomic E-state index is 13.9. The van der Waals surface area contributed by atoms with Crippen LogP contribution in [-0.4, -0.2) is 12.2 Å². The molecule has 2 rings (SSSR count). The Hall–Kier alpha value is -1.65. The van der Waals surface area contributed by atoms with Crippen molar-refractivity contribution in [3.05, 3.63) is 63.2 Å². The van der Waals surface area contributed by atoms with Crippen LogP contribution in [0.3, 0.4) is 0 Å². The minimum absolute atomic E-state index is 0.152. The molecule has 0 aliphatic rings. The van der Waals surface area contributed by atoms with Crippen molar-refractivity contribution in [1.29, 1.82) is 0 Å². The maximum Gasteiger partial charge on any atom is 0.142 e. The molecule has 0 aliphatic carbocycles. The third-order valence-corrected chi connectivity index (χ3v) is 3.63. The van der Waals surface area contributed by atoms with E-state index in [-0.39, 0.29) is 10.6 Å². The number of hydrogen-bond acceptors (Lipinski definition) is 2. The number of aryl methyl sites for hydroxylation is 2. The molecule has 2 aromatic carbocycles. The highest BCUT2D eigenvalue weighted by atomic mass is 35.5. The predicted molar refractivity (Wildman–Crippen MR) is 77.9 cm³/mol. The number of halogens is 3. The molecule has 0 radical (unpaired) electrons. The fourth-order valence-electron chi connectivity index (χ4n) is 2.39. The molecule has 0 aromatic heterocycles. The zero-order valence-electron chi connectivity index (χ0n) is 11.9. The van der Waals surface area contributed by atoms with Gasteiger partial charge in [-0.2, -0.15) is 0 Å². The molecule has 1 N–H and O–H groups in total. The molecule has 0 spiro atoms. The van der Waals surface area contributed by atoms with Crippen LogP contribution in [0.1, 0.15) is 28.4 Å². The van der Waals surface area contributed by atoms with Gasteiger partial charge in [0.25, 0.3) is 0 Å². The number of ether oxygens (including phenoxy) is 1. The Labute approximate surface area is 126 Å². The van der Waals surface area contributed by atoms with Crippen LogP contribution in [0.15, 0.2) is 24.3 Å². The summed E-state index contributed by atoms with van der Waals surface area (Å²) in [4.78, 5) is 0. The SMILES string of the molecule is COc1c(C)cc(C(O)c2cc(F)c(Cl)cc2F)cc1C. The lowest BCUT2D eigenvalue weighted by Gasteiger charge is -2.17. The van der Waals surface area contributed by atoms with Crippen molar-refractivity contribution in [2.24, 2.45) is 0 Å². The van der Waals surface area contributed by atoms with Crippen molar-refractivity contribution in [2.45, 2.75) is 20.0 Å². The lowest BCUT2D eigenvalue weighted by Crippen LogP contribution is -2.05. The van der Waals surface area contributed by atoms with Gasteiger partial charge in [0.2, 0.25) is 0 Å². The highest BCUT2D eigenvalue weighted by Gasteiger charge is 2.19. The lowest BCUT2D eigenvalue weighted by molar-refractivity contribution is 0.214. The van der Waals surface area contributed by atoms with Gasteiger partial charge in [-0.15, -0.1) is 0 Å². The Morgan fingerprint density at radius 1 is 1.05 bits per heavy atom. The highest BCUT2D eigenvalue weighted by Crippen LogP contribution is 2.32. The molecular weight excluding hydrogens is 298 g/mol. The summed E-state index contributed by atoms with van der Waals surface area (Å²) in [5.41, 5.74) is 1.93. The summed E-state index contributed by atoms with van der Waals surface area (Å²) in [5, 5.41) is 10.00. The summed E-state index contributed by atoms with van der Waals surface area (Å²) in [6, 6.07) is 5.14. The summed E-state index contributed by atoms with van der Waals surface area (Å²) >= 11 is 5.51. The van der Waals surface area contributed by atoms with E-state index in [9.17, 15) is 13.9 Å². The van der Waals surface area contributed by atoms with Crippen LogP contribution in [-0.2, 0) is 0 Å². The Kier molecular flexibility index (Phi) is 4.49. The Bertz CT molecular complexity index is 663. The van der Waals surface area contributed by atoms with Gasteiger partial charge < -0.3 is 9.84 Å². The normalized spacial score (nSPS) is 12.3. The molecule has 0 bridgehead atoms. The Morgan fingerprint density at radius 3 is 2.14 bits per heavy atom. The number of rotatable bonds is 3. The van der Waals surface area contributed by atoms with E-state index in [1.165, 1.54) is 0 Å². The molecule has 0 aliphatic heterocycles. The van der Waals surface area contributed by atoms with E-state index < -0.39 is 17.7 Å². The summed E-state index contributed by atoms with van der Waals surface area (Å²) in [6.45, 7) is 3.64. The quantitative estimate of drug-likeness (QED) is 0.855. The van der Waals surface area contributed by atoms with E-state index in [0.29, 0.717) is 11.3 Å². The molecule has 0 saturated carbocycles. The fourth-order valence-corrected chi connectivity index (χ4v) is 2.54.